The number of nitrogens with two attached hydrogens (primary N) is 1. The number of ether oxygens (including phenoxy) is 1. The molecule has 0 radical (unpaired) electrons. The van der Waals surface area contributed by atoms with E-state index in [1.807, 2.05) is 6.07 Å². The maximum Gasteiger partial charge on any atom is 0.335 e. The second-order valence-corrected chi connectivity index (χ2v) is 3.20. The molecule has 0 aromatic heterocycles. The molecule has 1 atom stereocenters. The van der Waals surface area contributed by atoms with E-state index >= 15 is 0 Å². The Morgan fingerprint density at radius 3 is 2.88 bits per heavy atom. The summed E-state index contributed by atoms with van der Waals surface area (Å²) in [6.45, 7) is 1.80. The number of carboxylic acid groups (broad SMARTS) is 1. The van der Waals surface area contributed by atoms with Crippen molar-refractivity contribution in [2.45, 2.75) is 19.4 Å². The Kier molecular flexibility index (Phi) is 3.72. The van der Waals surface area contributed by atoms with Crippen LogP contribution >= 0.6 is 0 Å². The van der Waals surface area contributed by atoms with Crippen molar-refractivity contribution in [2.24, 2.45) is 0 Å². The topological polar surface area (TPSA) is 96.3 Å². The van der Waals surface area contributed by atoms with Gasteiger partial charge in [-0.05, 0) is 24.6 Å². The number of anilines is 1. The summed E-state index contributed by atoms with van der Waals surface area (Å²) in [4.78, 5) is 10.7. The van der Waals surface area contributed by atoms with E-state index in [9.17, 15) is 4.79 Å². The van der Waals surface area contributed by atoms with Gasteiger partial charge < -0.3 is 15.6 Å². The van der Waals surface area contributed by atoms with Crippen LogP contribution < -0.4 is 10.5 Å². The lowest BCUT2D eigenvalue weighted by atomic mass is 10.2. The Morgan fingerprint density at radius 1 is 1.69 bits per heavy atom. The minimum absolute atomic E-state index is 0.0805. The van der Waals surface area contributed by atoms with Crippen molar-refractivity contribution in [2.75, 3.05) is 5.73 Å². The summed E-state index contributed by atoms with van der Waals surface area (Å²) in [6.07, 6.45) is -0.112. The van der Waals surface area contributed by atoms with Gasteiger partial charge in [0.2, 0.25) is 0 Å². The van der Waals surface area contributed by atoms with Crippen molar-refractivity contribution in [1.82, 2.24) is 0 Å². The molecule has 1 rings (SSSR count). The van der Waals surface area contributed by atoms with Crippen molar-refractivity contribution in [3.8, 4) is 11.8 Å². The highest BCUT2D eigenvalue weighted by molar-refractivity contribution is 5.89. The summed E-state index contributed by atoms with van der Waals surface area (Å²) in [7, 11) is 0. The van der Waals surface area contributed by atoms with Gasteiger partial charge in [-0.3, -0.25) is 0 Å². The van der Waals surface area contributed by atoms with Crippen LogP contribution in [0.15, 0.2) is 18.2 Å². The van der Waals surface area contributed by atoms with Crippen LogP contribution in [0, 0.1) is 11.3 Å². The van der Waals surface area contributed by atoms with Gasteiger partial charge in [-0.25, -0.2) is 4.79 Å². The molecule has 1 unspecified atom stereocenters. The van der Waals surface area contributed by atoms with Crippen LogP contribution in [0.2, 0.25) is 0 Å². The zero-order valence-electron chi connectivity index (χ0n) is 8.80. The zero-order chi connectivity index (χ0) is 12.1. The largest absolute Gasteiger partial charge is 0.478 e. The molecule has 1 aromatic carbocycles. The predicted molar refractivity (Wildman–Crippen MR) is 58.1 cm³/mol. The van der Waals surface area contributed by atoms with Gasteiger partial charge in [-0.15, -0.1) is 0 Å². The number of carboxylic acids is 1. The second-order valence-electron chi connectivity index (χ2n) is 3.20. The van der Waals surface area contributed by atoms with E-state index in [0.717, 1.165) is 0 Å². The van der Waals surface area contributed by atoms with E-state index in [2.05, 4.69) is 0 Å². The van der Waals surface area contributed by atoms with E-state index in [4.69, 9.17) is 20.8 Å². The number of carbonyl (C=O) groups is 1. The molecule has 0 bridgehead atoms. The van der Waals surface area contributed by atoms with E-state index in [0.29, 0.717) is 12.1 Å². The zero-order valence-corrected chi connectivity index (χ0v) is 8.80. The highest BCUT2D eigenvalue weighted by Crippen LogP contribution is 2.24. The summed E-state index contributed by atoms with van der Waals surface area (Å²) < 4.78 is 5.28. The van der Waals surface area contributed by atoms with Crippen LogP contribution in [-0.4, -0.2) is 17.2 Å². The van der Waals surface area contributed by atoms with Gasteiger partial charge in [0.15, 0.2) is 6.10 Å². The Hall–Kier alpha value is -2.22. The summed E-state index contributed by atoms with van der Waals surface area (Å²) in [5, 5.41) is 17.5. The molecule has 0 aliphatic rings. The molecule has 84 valence electrons. The maximum atomic E-state index is 10.7. The number of nitriles is 1. The maximum absolute atomic E-state index is 10.7. The number of nitrogen functional groups attached to an aromatic ring is 1. The van der Waals surface area contributed by atoms with Crippen molar-refractivity contribution in [3.05, 3.63) is 23.8 Å². The minimum atomic E-state index is -1.06. The third-order valence-corrected chi connectivity index (χ3v) is 2.04. The number of aromatic carboxylic acids is 1. The molecule has 16 heavy (non-hydrogen) atoms. The van der Waals surface area contributed by atoms with E-state index in [-0.39, 0.29) is 11.3 Å². The number of rotatable bonds is 4. The van der Waals surface area contributed by atoms with E-state index < -0.39 is 12.1 Å². The first-order chi connectivity index (χ1) is 7.58. The van der Waals surface area contributed by atoms with Crippen LogP contribution in [0.5, 0.6) is 5.75 Å². The molecule has 0 aliphatic heterocycles. The van der Waals surface area contributed by atoms with E-state index in [1.54, 1.807) is 6.92 Å². The normalized spacial score (nSPS) is 11.5. The highest BCUT2D eigenvalue weighted by Gasteiger charge is 2.11. The first-order valence-corrected chi connectivity index (χ1v) is 4.77. The minimum Gasteiger partial charge on any atom is -0.478 e. The quantitative estimate of drug-likeness (QED) is 0.752. The lowest BCUT2D eigenvalue weighted by Gasteiger charge is -2.12. The predicted octanol–water partition coefficient (Wildman–Crippen LogP) is 1.65. The van der Waals surface area contributed by atoms with Gasteiger partial charge in [-0.1, -0.05) is 6.92 Å². The summed E-state index contributed by atoms with van der Waals surface area (Å²) in [6, 6.07) is 6.10. The molecule has 5 nitrogen and oxygen atoms in total. The van der Waals surface area contributed by atoms with Gasteiger partial charge in [0, 0.05) is 0 Å². The number of hydrogen-bond acceptors (Lipinski definition) is 4. The van der Waals surface area contributed by atoms with Crippen molar-refractivity contribution in [3.63, 3.8) is 0 Å². The number of nitrogens with zero attached hydrogens (tertiary/aromatic N) is 1. The average Bonchev–Trinajstić information content (AvgIpc) is 2.27. The van der Waals surface area contributed by atoms with Crippen molar-refractivity contribution < 1.29 is 14.6 Å². The van der Waals surface area contributed by atoms with Crippen LogP contribution in [0.4, 0.5) is 5.69 Å². The summed E-state index contributed by atoms with van der Waals surface area (Å²) >= 11 is 0. The molecular weight excluding hydrogens is 208 g/mol. The smallest absolute Gasteiger partial charge is 0.335 e. The summed E-state index contributed by atoms with van der Waals surface area (Å²) in [5.41, 5.74) is 6.02. The van der Waals surface area contributed by atoms with Crippen LogP contribution in [0.25, 0.3) is 0 Å². The lowest BCUT2D eigenvalue weighted by molar-refractivity contribution is 0.0696. The van der Waals surface area contributed by atoms with Crippen molar-refractivity contribution >= 4 is 11.7 Å². The Balaban J connectivity index is 2.99. The molecular formula is C11H12N2O3. The fraction of sp³-hybridized carbons (Fsp3) is 0.273. The van der Waals surface area contributed by atoms with Gasteiger partial charge >= 0.3 is 5.97 Å². The molecule has 3 N–H and O–H groups in total. The molecule has 0 fully saturated rings. The standard InChI is InChI=1S/C11H12N2O3/c1-2-8(6-12)16-10-5-7(11(14)15)3-4-9(10)13/h3-5,8H,2,13H2,1H3,(H,14,15). The van der Waals surface area contributed by atoms with Crippen molar-refractivity contribution in [1.29, 1.82) is 5.26 Å². The molecule has 0 heterocycles. The third-order valence-electron chi connectivity index (χ3n) is 2.04. The fourth-order valence-corrected chi connectivity index (χ4v) is 1.12. The molecule has 5 heteroatoms. The van der Waals surface area contributed by atoms with Crippen LogP contribution in [-0.2, 0) is 0 Å². The first-order valence-electron chi connectivity index (χ1n) is 4.77. The summed E-state index contributed by atoms with van der Waals surface area (Å²) in [5.74, 6) is -0.830. The van der Waals surface area contributed by atoms with Gasteiger partial charge in [0.25, 0.3) is 0 Å². The Labute approximate surface area is 93.1 Å². The van der Waals surface area contributed by atoms with Gasteiger partial charge in [0.1, 0.15) is 11.8 Å². The number of hydrogen-bond donors (Lipinski definition) is 2. The Bertz CT molecular complexity index is 437. The molecule has 0 amide bonds. The monoisotopic (exact) mass is 220 g/mol. The second kappa shape index (κ2) is 5.03. The number of benzene rings is 1. The van der Waals surface area contributed by atoms with Gasteiger partial charge in [0.05, 0.1) is 11.3 Å². The first kappa shape index (κ1) is 11.9. The SMILES string of the molecule is CCC(C#N)Oc1cc(C(=O)O)ccc1N. The van der Waals surface area contributed by atoms with E-state index in [1.165, 1.54) is 18.2 Å². The highest BCUT2D eigenvalue weighted by atomic mass is 16.5. The van der Waals surface area contributed by atoms with Gasteiger partial charge in [-0.2, -0.15) is 5.26 Å². The molecule has 0 saturated heterocycles. The molecule has 0 spiro atoms. The Morgan fingerprint density at radius 2 is 2.38 bits per heavy atom. The molecule has 1 aromatic rings. The average molecular weight is 220 g/mol. The van der Waals surface area contributed by atoms with Crippen LogP contribution in [0.1, 0.15) is 23.7 Å². The lowest BCUT2D eigenvalue weighted by Crippen LogP contribution is -2.13. The fourth-order valence-electron chi connectivity index (χ4n) is 1.12. The molecule has 0 aliphatic carbocycles. The van der Waals surface area contributed by atoms with Crippen LogP contribution in [0.3, 0.4) is 0 Å². The third kappa shape index (κ3) is 2.64. The molecule has 0 saturated carbocycles.